The molecule has 0 radical (unpaired) electrons. The Morgan fingerprint density at radius 3 is 2.30 bits per heavy atom. The zero-order valence-electron chi connectivity index (χ0n) is 14.0. The Morgan fingerprint density at radius 1 is 1.07 bits per heavy atom. The number of hydrogen-bond acceptors (Lipinski definition) is 4. The first-order valence-corrected chi connectivity index (χ1v) is 7.53. The maximum atomic E-state index is 13.1. The molecule has 0 atom stereocenters. The van der Waals surface area contributed by atoms with Crippen molar-refractivity contribution in [2.45, 2.75) is 25.5 Å². The number of ether oxygens (including phenoxy) is 1. The number of benzene rings is 1. The first kappa shape index (κ1) is 20.6. The van der Waals surface area contributed by atoms with Crippen molar-refractivity contribution in [3.05, 3.63) is 53.0 Å². The highest BCUT2D eigenvalue weighted by Crippen LogP contribution is 2.35. The molecule has 4 nitrogen and oxygen atoms in total. The van der Waals surface area contributed by atoms with Gasteiger partial charge in [-0.05, 0) is 30.3 Å². The van der Waals surface area contributed by atoms with Crippen LogP contribution in [0.1, 0.15) is 22.6 Å². The Kier molecular flexibility index (Phi) is 6.05. The van der Waals surface area contributed by atoms with Crippen molar-refractivity contribution in [3.63, 3.8) is 0 Å². The molecule has 0 aliphatic carbocycles. The summed E-state index contributed by atoms with van der Waals surface area (Å²) in [6.07, 6.45) is -9.53. The lowest BCUT2D eigenvalue weighted by molar-refractivity contribution is -0.137. The van der Waals surface area contributed by atoms with Gasteiger partial charge in [0, 0.05) is 12.8 Å². The number of alkyl halides is 6. The van der Waals surface area contributed by atoms with Crippen LogP contribution in [0, 0.1) is 11.3 Å². The Bertz CT molecular complexity index is 820. The minimum atomic E-state index is -4.87. The fraction of sp³-hybridized carbons (Fsp3) is 0.353. The number of halogens is 6. The molecule has 0 N–H and O–H groups in total. The van der Waals surface area contributed by atoms with E-state index >= 15 is 0 Å². The van der Waals surface area contributed by atoms with Gasteiger partial charge in [-0.2, -0.15) is 31.6 Å². The van der Waals surface area contributed by atoms with Crippen molar-refractivity contribution in [2.75, 3.05) is 18.6 Å². The average Bonchev–Trinajstić information content (AvgIpc) is 2.99. The molecule has 0 aliphatic heterocycles. The van der Waals surface area contributed by atoms with Gasteiger partial charge in [-0.15, -0.1) is 0 Å². The van der Waals surface area contributed by atoms with Crippen molar-refractivity contribution in [1.82, 2.24) is 0 Å². The molecule has 1 aromatic carbocycles. The third-order valence-corrected chi connectivity index (χ3v) is 3.51. The molecule has 0 bridgehead atoms. The van der Waals surface area contributed by atoms with Crippen LogP contribution >= 0.6 is 0 Å². The molecule has 0 aliphatic rings. The van der Waals surface area contributed by atoms with Crippen molar-refractivity contribution in [1.29, 1.82) is 5.26 Å². The van der Waals surface area contributed by atoms with E-state index in [2.05, 4.69) is 0 Å². The molecule has 0 amide bonds. The van der Waals surface area contributed by atoms with E-state index in [-0.39, 0.29) is 18.1 Å². The van der Waals surface area contributed by atoms with E-state index in [1.165, 1.54) is 25.3 Å². The van der Waals surface area contributed by atoms with Gasteiger partial charge in [-0.3, -0.25) is 0 Å². The molecule has 2 rings (SSSR count). The van der Waals surface area contributed by atoms with Crippen LogP contribution in [0.5, 0.6) is 0 Å². The molecule has 0 unspecified atom stereocenters. The van der Waals surface area contributed by atoms with Gasteiger partial charge in [0.25, 0.3) is 0 Å². The highest BCUT2D eigenvalue weighted by molar-refractivity contribution is 5.55. The van der Waals surface area contributed by atoms with Crippen LogP contribution in [0.2, 0.25) is 0 Å². The van der Waals surface area contributed by atoms with E-state index in [1.807, 2.05) is 0 Å². The minimum absolute atomic E-state index is 0.106. The first-order chi connectivity index (χ1) is 12.5. The molecule has 27 heavy (non-hydrogen) atoms. The van der Waals surface area contributed by atoms with E-state index in [0.29, 0.717) is 16.7 Å². The van der Waals surface area contributed by atoms with Gasteiger partial charge >= 0.3 is 12.4 Å². The zero-order chi connectivity index (χ0) is 20.2. The van der Waals surface area contributed by atoms with Crippen LogP contribution < -0.4 is 4.90 Å². The maximum Gasteiger partial charge on any atom is 0.417 e. The smallest absolute Gasteiger partial charge is 0.417 e. The second kappa shape index (κ2) is 7.92. The summed E-state index contributed by atoms with van der Waals surface area (Å²) in [6.45, 7) is -1.79. The second-order valence-corrected chi connectivity index (χ2v) is 5.61. The lowest BCUT2D eigenvalue weighted by atomic mass is 10.1. The van der Waals surface area contributed by atoms with E-state index in [0.717, 1.165) is 12.1 Å². The molecule has 0 saturated heterocycles. The fourth-order valence-corrected chi connectivity index (χ4v) is 2.43. The van der Waals surface area contributed by atoms with E-state index in [9.17, 15) is 26.3 Å². The number of methoxy groups -OCH3 is 1. The minimum Gasteiger partial charge on any atom is -0.462 e. The summed E-state index contributed by atoms with van der Waals surface area (Å²) in [5.41, 5.74) is -2.30. The topological polar surface area (TPSA) is 49.4 Å². The number of nitriles is 1. The van der Waals surface area contributed by atoms with E-state index in [1.54, 1.807) is 0 Å². The lowest BCUT2D eigenvalue weighted by Crippen LogP contribution is -2.34. The SMILES string of the molecule is COCc1ccc(CN(CC(F)(F)F)c2ccc(C#N)c(C(F)(F)F)c2)o1. The second-order valence-electron chi connectivity index (χ2n) is 5.61. The standard InChI is InChI=1S/C17H14F6N2O2/c1-26-9-14-5-4-13(27-14)8-25(10-16(18,19)20)12-3-2-11(7-24)15(6-12)17(21,22)23/h2-6H,8-10H2,1H3. The van der Waals surface area contributed by atoms with Gasteiger partial charge < -0.3 is 14.1 Å². The van der Waals surface area contributed by atoms with Crippen molar-refractivity contribution in [2.24, 2.45) is 0 Å². The normalized spacial score (nSPS) is 12.1. The molecule has 146 valence electrons. The lowest BCUT2D eigenvalue weighted by Gasteiger charge is -2.26. The number of anilines is 1. The van der Waals surface area contributed by atoms with Gasteiger partial charge in [0.1, 0.15) is 24.7 Å². The quantitative estimate of drug-likeness (QED) is 0.657. The van der Waals surface area contributed by atoms with Crippen molar-refractivity contribution in [3.8, 4) is 6.07 Å². The molecule has 2 aromatic rings. The number of rotatable bonds is 6. The van der Waals surface area contributed by atoms with Crippen LogP contribution in [-0.2, 0) is 24.1 Å². The average molecular weight is 392 g/mol. The summed E-state index contributed by atoms with van der Waals surface area (Å²) in [7, 11) is 1.41. The predicted octanol–water partition coefficient (Wildman–Crippen LogP) is 4.89. The molecule has 1 aromatic heterocycles. The molecule has 1 heterocycles. The Labute approximate surface area is 150 Å². The fourth-order valence-electron chi connectivity index (χ4n) is 2.43. The molecule has 10 heteroatoms. The highest BCUT2D eigenvalue weighted by Gasteiger charge is 2.36. The van der Waals surface area contributed by atoms with Gasteiger partial charge in [0.2, 0.25) is 0 Å². The van der Waals surface area contributed by atoms with Gasteiger partial charge in [0.15, 0.2) is 0 Å². The Morgan fingerprint density at radius 2 is 1.74 bits per heavy atom. The van der Waals surface area contributed by atoms with Crippen LogP contribution in [0.3, 0.4) is 0 Å². The first-order valence-electron chi connectivity index (χ1n) is 7.53. The summed E-state index contributed by atoms with van der Waals surface area (Å²) in [5.74, 6) is 0.500. The van der Waals surface area contributed by atoms with E-state index < -0.39 is 36.6 Å². The monoisotopic (exact) mass is 392 g/mol. The molecule has 0 spiro atoms. The van der Waals surface area contributed by atoms with Crippen LogP contribution in [0.15, 0.2) is 34.7 Å². The molecular formula is C17H14F6N2O2. The van der Waals surface area contributed by atoms with E-state index in [4.69, 9.17) is 14.4 Å². The zero-order valence-corrected chi connectivity index (χ0v) is 14.0. The predicted molar refractivity (Wildman–Crippen MR) is 82.7 cm³/mol. The third kappa shape index (κ3) is 5.65. The van der Waals surface area contributed by atoms with Crippen molar-refractivity contribution >= 4 is 5.69 Å². The Hall–Kier alpha value is -2.67. The highest BCUT2D eigenvalue weighted by atomic mass is 19.4. The largest absolute Gasteiger partial charge is 0.462 e. The summed E-state index contributed by atoms with van der Waals surface area (Å²) in [5, 5.41) is 8.82. The number of hydrogen-bond donors (Lipinski definition) is 0. The number of nitrogens with zero attached hydrogens (tertiary/aromatic N) is 2. The van der Waals surface area contributed by atoms with Crippen LogP contribution in [0.4, 0.5) is 32.0 Å². The summed E-state index contributed by atoms with van der Waals surface area (Å²) in [4.78, 5) is 0.700. The Balaban J connectivity index is 2.40. The van der Waals surface area contributed by atoms with Gasteiger partial charge in [-0.25, -0.2) is 0 Å². The summed E-state index contributed by atoms with van der Waals surface area (Å²) < 4.78 is 88.3. The van der Waals surface area contributed by atoms with Crippen LogP contribution in [-0.4, -0.2) is 19.8 Å². The maximum absolute atomic E-state index is 13.1. The summed E-state index contributed by atoms with van der Waals surface area (Å²) >= 11 is 0. The van der Waals surface area contributed by atoms with Gasteiger partial charge in [0.05, 0.1) is 23.7 Å². The third-order valence-electron chi connectivity index (χ3n) is 3.51. The van der Waals surface area contributed by atoms with Gasteiger partial charge in [-0.1, -0.05) is 0 Å². The number of furan rings is 1. The molecular weight excluding hydrogens is 378 g/mol. The summed E-state index contributed by atoms with van der Waals surface area (Å²) in [6, 6.07) is 6.74. The molecule has 0 fully saturated rings. The molecule has 0 saturated carbocycles. The van der Waals surface area contributed by atoms with Crippen molar-refractivity contribution < 1.29 is 35.5 Å². The van der Waals surface area contributed by atoms with Crippen LogP contribution in [0.25, 0.3) is 0 Å².